The molecule has 0 amide bonds. The van der Waals surface area contributed by atoms with Crippen LogP contribution in [0.25, 0.3) is 0 Å². The Labute approximate surface area is 387 Å². The third-order valence-corrected chi connectivity index (χ3v) is 19.4. The number of aliphatic hydroxyl groups is 11. The molecule has 0 bridgehead atoms. The van der Waals surface area contributed by atoms with Crippen LogP contribution in [0.3, 0.4) is 0 Å². The summed E-state index contributed by atoms with van der Waals surface area (Å²) >= 11 is 0. The van der Waals surface area contributed by atoms with Crippen molar-refractivity contribution in [1.29, 1.82) is 0 Å². The quantitative estimate of drug-likeness (QED) is 0.0833. The molecule has 3 aliphatic heterocycles. The SMILES string of the molecule is C[C@H]1O[C@@H](OC[C@@H]2O[C@H](O[C@@H]3CC[C@@]4(C)[C@H](CC[C@]5(C)[C@@H]4CC=C4[C@@H]6CC(C)(C)CC[C@]6(C(=O)O[C@@H]6O[C@H](CO)[C@@H](O)[C@H](O)[C@@H]6O)CC[C@@]45C)[C@@]3(C)CO)[C@@H](O)[C@H](O)[C@H]2O)[C@H](O)[C@H](O)[C@@H]1O. The average Bonchev–Trinajstić information content (AvgIpc) is 3.27. The maximum absolute atomic E-state index is 14.7. The van der Waals surface area contributed by atoms with Crippen LogP contribution in [0, 0.1) is 50.2 Å². The zero-order valence-corrected chi connectivity index (χ0v) is 39.5. The monoisotopic (exact) mass is 943 g/mol. The lowest BCUT2D eigenvalue weighted by Crippen LogP contribution is -2.67. The summed E-state index contributed by atoms with van der Waals surface area (Å²) in [6, 6.07) is 0. The molecule has 0 aromatic rings. The third-order valence-electron chi connectivity index (χ3n) is 19.4. The molecule has 4 saturated carbocycles. The molecule has 0 aromatic heterocycles. The summed E-state index contributed by atoms with van der Waals surface area (Å²) in [5.74, 6) is -0.514. The van der Waals surface area contributed by atoms with Gasteiger partial charge in [-0.25, -0.2) is 0 Å². The van der Waals surface area contributed by atoms with Gasteiger partial charge >= 0.3 is 5.97 Å². The minimum Gasteiger partial charge on any atom is -0.432 e. The summed E-state index contributed by atoms with van der Waals surface area (Å²) in [5.41, 5.74) is -1.33. The molecule has 24 atom stereocenters. The normalized spacial score (nSPS) is 54.8. The molecule has 0 unspecified atom stereocenters. The zero-order chi connectivity index (χ0) is 48.3. The fourth-order valence-corrected chi connectivity index (χ4v) is 14.9. The summed E-state index contributed by atoms with van der Waals surface area (Å²) in [6.45, 7) is 13.8. The molecule has 18 nitrogen and oxygen atoms in total. The molecule has 66 heavy (non-hydrogen) atoms. The van der Waals surface area contributed by atoms with E-state index in [9.17, 15) is 61.0 Å². The van der Waals surface area contributed by atoms with Crippen molar-refractivity contribution in [2.45, 2.75) is 211 Å². The van der Waals surface area contributed by atoms with Crippen molar-refractivity contribution in [2.75, 3.05) is 19.8 Å². The first kappa shape index (κ1) is 50.9. The van der Waals surface area contributed by atoms with Crippen molar-refractivity contribution < 1.29 is 89.4 Å². The highest BCUT2D eigenvalue weighted by molar-refractivity contribution is 5.79. The number of rotatable bonds is 9. The number of allylic oxidation sites excluding steroid dienone is 2. The lowest BCUT2D eigenvalue weighted by Gasteiger charge is -2.71. The Hall–Kier alpha value is -1.43. The van der Waals surface area contributed by atoms with Gasteiger partial charge in [-0.1, -0.05) is 53.2 Å². The Balaban J connectivity index is 1.01. The molecule has 18 heteroatoms. The first-order valence-corrected chi connectivity index (χ1v) is 24.3. The van der Waals surface area contributed by atoms with Crippen molar-refractivity contribution >= 4 is 5.97 Å². The van der Waals surface area contributed by atoms with Crippen LogP contribution in [-0.4, -0.2) is 180 Å². The third kappa shape index (κ3) is 7.87. The second-order valence-electron chi connectivity index (χ2n) is 23.3. The van der Waals surface area contributed by atoms with Gasteiger partial charge in [0.05, 0.1) is 37.4 Å². The van der Waals surface area contributed by atoms with Gasteiger partial charge in [0.15, 0.2) is 12.6 Å². The number of fused-ring (bicyclic) bond motifs is 7. The Morgan fingerprint density at radius 1 is 0.667 bits per heavy atom. The molecule has 8 rings (SSSR count). The van der Waals surface area contributed by atoms with E-state index in [2.05, 4.69) is 40.7 Å². The van der Waals surface area contributed by atoms with Crippen LogP contribution < -0.4 is 0 Å². The van der Waals surface area contributed by atoms with Gasteiger partial charge in [0, 0.05) is 5.41 Å². The molecule has 11 N–H and O–H groups in total. The predicted octanol–water partition coefficient (Wildman–Crippen LogP) is 0.141. The Kier molecular flexibility index (Phi) is 13.9. The highest BCUT2D eigenvalue weighted by Crippen LogP contribution is 2.76. The molecule has 0 aromatic carbocycles. The van der Waals surface area contributed by atoms with Crippen LogP contribution in [0.1, 0.15) is 113 Å². The van der Waals surface area contributed by atoms with Gasteiger partial charge in [-0.15, -0.1) is 0 Å². The fraction of sp³-hybridized carbons (Fsp3) is 0.938. The predicted molar refractivity (Wildman–Crippen MR) is 230 cm³/mol. The second-order valence-corrected chi connectivity index (χ2v) is 23.3. The summed E-state index contributed by atoms with van der Waals surface area (Å²) in [5, 5.41) is 117. The van der Waals surface area contributed by atoms with Crippen molar-refractivity contribution in [2.24, 2.45) is 50.2 Å². The van der Waals surface area contributed by atoms with E-state index in [1.54, 1.807) is 0 Å². The topological polar surface area (TPSA) is 295 Å². The van der Waals surface area contributed by atoms with Gasteiger partial charge in [0.25, 0.3) is 0 Å². The molecular formula is C48H78O18. The molecule has 0 spiro atoms. The number of hydrogen-bond donors (Lipinski definition) is 11. The van der Waals surface area contributed by atoms with Crippen LogP contribution in [0.2, 0.25) is 0 Å². The molecule has 3 heterocycles. The molecular weight excluding hydrogens is 865 g/mol. The Morgan fingerprint density at radius 3 is 1.94 bits per heavy atom. The summed E-state index contributed by atoms with van der Waals surface area (Å²) in [6.07, 6.45) is -13.3. The lowest BCUT2D eigenvalue weighted by atomic mass is 9.33. The van der Waals surface area contributed by atoms with E-state index in [0.717, 1.165) is 38.5 Å². The summed E-state index contributed by atoms with van der Waals surface area (Å²) < 4.78 is 35.5. The van der Waals surface area contributed by atoms with Gasteiger partial charge in [-0.05, 0) is 111 Å². The van der Waals surface area contributed by atoms with Crippen molar-refractivity contribution in [1.82, 2.24) is 0 Å². The van der Waals surface area contributed by atoms with E-state index in [1.807, 2.05) is 6.92 Å². The second kappa shape index (κ2) is 18.0. The number of carbonyl (C=O) groups excluding carboxylic acids is 1. The van der Waals surface area contributed by atoms with Crippen molar-refractivity contribution in [3.63, 3.8) is 0 Å². The molecule has 0 radical (unpaired) electrons. The number of ether oxygens (including phenoxy) is 6. The van der Waals surface area contributed by atoms with Crippen molar-refractivity contribution in [3.8, 4) is 0 Å². The highest BCUT2D eigenvalue weighted by atomic mass is 16.7. The number of carbonyl (C=O) groups is 1. The van der Waals surface area contributed by atoms with Gasteiger partial charge in [-0.3, -0.25) is 4.79 Å². The molecule has 8 aliphatic rings. The molecule has 3 saturated heterocycles. The number of esters is 1. The largest absolute Gasteiger partial charge is 0.432 e. The average molecular weight is 943 g/mol. The van der Waals surface area contributed by atoms with E-state index < -0.39 is 128 Å². The zero-order valence-electron chi connectivity index (χ0n) is 39.5. The maximum atomic E-state index is 14.7. The van der Waals surface area contributed by atoms with Crippen LogP contribution in [-0.2, 0) is 33.2 Å². The minimum atomic E-state index is -1.70. The van der Waals surface area contributed by atoms with Crippen LogP contribution in [0.5, 0.6) is 0 Å². The maximum Gasteiger partial charge on any atom is 0.315 e. The van der Waals surface area contributed by atoms with Gasteiger partial charge in [0.2, 0.25) is 6.29 Å². The van der Waals surface area contributed by atoms with E-state index in [-0.39, 0.29) is 46.0 Å². The van der Waals surface area contributed by atoms with Crippen molar-refractivity contribution in [3.05, 3.63) is 11.6 Å². The van der Waals surface area contributed by atoms with Gasteiger partial charge < -0.3 is 84.6 Å². The van der Waals surface area contributed by atoms with E-state index >= 15 is 0 Å². The van der Waals surface area contributed by atoms with Gasteiger partial charge in [-0.2, -0.15) is 0 Å². The Morgan fingerprint density at radius 2 is 1.27 bits per heavy atom. The summed E-state index contributed by atoms with van der Waals surface area (Å²) in [4.78, 5) is 14.7. The first-order valence-electron chi connectivity index (χ1n) is 24.3. The van der Waals surface area contributed by atoms with Crippen LogP contribution in [0.15, 0.2) is 11.6 Å². The first-order chi connectivity index (χ1) is 30.8. The fourth-order valence-electron chi connectivity index (χ4n) is 14.9. The van der Waals surface area contributed by atoms with E-state index in [4.69, 9.17) is 28.4 Å². The molecule has 7 fully saturated rings. The standard InChI is InChI=1S/C48H78O18/c1-22-30(51)33(54)36(57)39(62-22)61-20-26-32(53)35(56)37(58)40(64-26)65-29-11-12-44(4)27(45(29,5)21-50)10-13-47(7)28(44)9-8-23-24-18-43(2,3)14-16-48(24,17-15-46(23,47)6)42(60)66-41-38(59)34(55)31(52)25(19-49)63-41/h8,22,24-41,49-59H,9-21H2,1-7H3/t22-,24+,25-,26+,27+,28-,29-,30-,31-,32+,33-,34+,35-,36-,37+,38+,39-,40-,41+,44+,45-,46+,47-,48+/m1/s1. The van der Waals surface area contributed by atoms with Crippen LogP contribution in [0.4, 0.5) is 0 Å². The number of aliphatic hydroxyl groups excluding tert-OH is 11. The Bertz CT molecular complexity index is 1800. The lowest BCUT2D eigenvalue weighted by molar-refractivity contribution is -0.346. The van der Waals surface area contributed by atoms with E-state index in [0.29, 0.717) is 25.7 Å². The van der Waals surface area contributed by atoms with E-state index in [1.165, 1.54) is 12.5 Å². The minimum absolute atomic E-state index is 0.0285. The van der Waals surface area contributed by atoms with Gasteiger partial charge in [0.1, 0.15) is 67.1 Å². The van der Waals surface area contributed by atoms with Crippen LogP contribution >= 0.6 is 0 Å². The molecule has 378 valence electrons. The number of hydrogen-bond acceptors (Lipinski definition) is 18. The summed E-state index contributed by atoms with van der Waals surface area (Å²) in [7, 11) is 0. The highest BCUT2D eigenvalue weighted by Gasteiger charge is 2.70. The smallest absolute Gasteiger partial charge is 0.315 e. The molecule has 5 aliphatic carbocycles.